The maximum Gasteiger partial charge on any atom is 0.279 e. The second-order valence-corrected chi connectivity index (χ2v) is 8.87. The summed E-state index contributed by atoms with van der Waals surface area (Å²) in [6.07, 6.45) is -0.243. The maximum absolute atomic E-state index is 11.9. The third-order valence-electron chi connectivity index (χ3n) is 3.62. The van der Waals surface area contributed by atoms with Gasteiger partial charge in [-0.1, -0.05) is 15.9 Å². The quantitative estimate of drug-likeness (QED) is 0.699. The minimum atomic E-state index is -3.01. The zero-order chi connectivity index (χ0) is 17.7. The first-order valence-corrected chi connectivity index (χ1v) is 10.1. The molecule has 132 valence electrons. The number of hydrogen-bond acceptors (Lipinski definition) is 5. The topological polar surface area (TPSA) is 102 Å². The normalized spacial score (nSPS) is 20.2. The van der Waals surface area contributed by atoms with E-state index in [-0.39, 0.29) is 23.8 Å². The molecule has 1 fully saturated rings. The number of nitrogens with one attached hydrogen (secondary N) is 2. The highest BCUT2D eigenvalue weighted by Gasteiger charge is 2.29. The van der Waals surface area contributed by atoms with E-state index in [9.17, 15) is 18.0 Å². The summed E-state index contributed by atoms with van der Waals surface area (Å²) in [4.78, 5) is 23.7. The number of sulfone groups is 1. The lowest BCUT2D eigenvalue weighted by atomic mass is 10.1. The van der Waals surface area contributed by atoms with Crippen LogP contribution < -0.4 is 15.6 Å². The maximum atomic E-state index is 11.9. The van der Waals surface area contributed by atoms with Gasteiger partial charge in [-0.25, -0.2) is 8.42 Å². The highest BCUT2D eigenvalue weighted by atomic mass is 79.9. The molecule has 9 heteroatoms. The molecule has 2 unspecified atom stereocenters. The van der Waals surface area contributed by atoms with Crippen molar-refractivity contribution in [2.45, 2.75) is 25.9 Å². The van der Waals surface area contributed by atoms with E-state index < -0.39 is 27.8 Å². The van der Waals surface area contributed by atoms with Crippen LogP contribution in [0.15, 0.2) is 28.7 Å². The van der Waals surface area contributed by atoms with E-state index in [1.807, 2.05) is 0 Å². The molecule has 0 aromatic heterocycles. The third-order valence-corrected chi connectivity index (χ3v) is 5.99. The van der Waals surface area contributed by atoms with Crippen LogP contribution in [0.2, 0.25) is 0 Å². The van der Waals surface area contributed by atoms with Crippen molar-refractivity contribution in [2.24, 2.45) is 5.92 Å². The summed E-state index contributed by atoms with van der Waals surface area (Å²) in [5.41, 5.74) is 4.58. The molecule has 0 saturated carbocycles. The Bertz CT molecular complexity index is 705. The molecule has 1 saturated heterocycles. The SMILES string of the molecule is CC(Oc1ccc(Br)cc1)C(=O)NNC(=O)CC1CCS(=O)(=O)C1. The number of rotatable bonds is 5. The summed E-state index contributed by atoms with van der Waals surface area (Å²) in [5.74, 6) is -0.425. The van der Waals surface area contributed by atoms with Crippen LogP contribution in [0.1, 0.15) is 19.8 Å². The van der Waals surface area contributed by atoms with Gasteiger partial charge in [0.2, 0.25) is 5.91 Å². The van der Waals surface area contributed by atoms with Gasteiger partial charge in [-0.3, -0.25) is 20.4 Å². The molecule has 0 radical (unpaired) electrons. The van der Waals surface area contributed by atoms with Crippen LogP contribution >= 0.6 is 15.9 Å². The van der Waals surface area contributed by atoms with E-state index in [2.05, 4.69) is 26.8 Å². The van der Waals surface area contributed by atoms with E-state index >= 15 is 0 Å². The van der Waals surface area contributed by atoms with Crippen LogP contribution in [0.25, 0.3) is 0 Å². The second-order valence-electron chi connectivity index (χ2n) is 5.72. The molecule has 2 atom stereocenters. The zero-order valence-electron chi connectivity index (χ0n) is 13.1. The molecule has 2 N–H and O–H groups in total. The molecule has 24 heavy (non-hydrogen) atoms. The number of hydrazine groups is 1. The summed E-state index contributed by atoms with van der Waals surface area (Å²) in [7, 11) is -3.01. The molecule has 1 heterocycles. The summed E-state index contributed by atoms with van der Waals surface area (Å²) >= 11 is 3.30. The minimum absolute atomic E-state index is 0.0252. The number of benzene rings is 1. The zero-order valence-corrected chi connectivity index (χ0v) is 15.5. The Morgan fingerprint density at radius 2 is 1.96 bits per heavy atom. The lowest BCUT2D eigenvalue weighted by Crippen LogP contribution is -2.47. The van der Waals surface area contributed by atoms with Gasteiger partial charge in [0.15, 0.2) is 15.9 Å². The Kier molecular flexibility index (Phi) is 6.22. The van der Waals surface area contributed by atoms with Crippen LogP contribution in [0.3, 0.4) is 0 Å². The van der Waals surface area contributed by atoms with E-state index in [4.69, 9.17) is 4.74 Å². The van der Waals surface area contributed by atoms with Gasteiger partial charge in [0.1, 0.15) is 5.75 Å². The van der Waals surface area contributed by atoms with E-state index in [1.54, 1.807) is 31.2 Å². The molecule has 7 nitrogen and oxygen atoms in total. The van der Waals surface area contributed by atoms with Gasteiger partial charge in [-0.05, 0) is 43.5 Å². The Morgan fingerprint density at radius 1 is 1.29 bits per heavy atom. The number of hydrogen-bond donors (Lipinski definition) is 2. The van der Waals surface area contributed by atoms with Gasteiger partial charge in [0.25, 0.3) is 5.91 Å². The number of ether oxygens (including phenoxy) is 1. The molecular formula is C15H19BrN2O5S. The summed E-state index contributed by atoms with van der Waals surface area (Å²) in [6.45, 7) is 1.56. The summed E-state index contributed by atoms with van der Waals surface area (Å²) in [5, 5.41) is 0. The average Bonchev–Trinajstić information content (AvgIpc) is 2.85. The fraction of sp³-hybridized carbons (Fsp3) is 0.467. The standard InChI is InChI=1S/C15H19BrN2O5S/c1-10(23-13-4-2-12(16)3-5-13)15(20)18-17-14(19)8-11-6-7-24(21,22)9-11/h2-5,10-11H,6-9H2,1H3,(H,17,19)(H,18,20). The highest BCUT2D eigenvalue weighted by molar-refractivity contribution is 9.10. The predicted octanol–water partition coefficient (Wildman–Crippen LogP) is 1.19. The monoisotopic (exact) mass is 418 g/mol. The lowest BCUT2D eigenvalue weighted by molar-refractivity contribution is -0.133. The summed E-state index contributed by atoms with van der Waals surface area (Å²) in [6, 6.07) is 7.01. The van der Waals surface area contributed by atoms with E-state index in [1.165, 1.54) is 0 Å². The molecule has 1 aromatic rings. The molecule has 1 aliphatic heterocycles. The first-order valence-electron chi connectivity index (χ1n) is 7.46. The van der Waals surface area contributed by atoms with E-state index in [0.29, 0.717) is 12.2 Å². The fourth-order valence-corrected chi connectivity index (χ4v) is 4.48. The van der Waals surface area contributed by atoms with Crippen molar-refractivity contribution in [1.82, 2.24) is 10.9 Å². The molecule has 0 aliphatic carbocycles. The van der Waals surface area contributed by atoms with Crippen LogP contribution in [0.5, 0.6) is 5.75 Å². The molecule has 2 rings (SSSR count). The Balaban J connectivity index is 1.73. The number of carbonyl (C=O) groups is 2. The van der Waals surface area contributed by atoms with Crippen LogP contribution in [-0.4, -0.2) is 37.8 Å². The Labute approximate surface area is 149 Å². The van der Waals surface area contributed by atoms with Crippen LogP contribution in [0.4, 0.5) is 0 Å². The van der Waals surface area contributed by atoms with Gasteiger partial charge < -0.3 is 4.74 Å². The van der Waals surface area contributed by atoms with Gasteiger partial charge in [-0.2, -0.15) is 0 Å². The highest BCUT2D eigenvalue weighted by Crippen LogP contribution is 2.21. The average molecular weight is 419 g/mol. The molecular weight excluding hydrogens is 400 g/mol. The van der Waals surface area contributed by atoms with Gasteiger partial charge in [0.05, 0.1) is 11.5 Å². The van der Waals surface area contributed by atoms with Crippen molar-refractivity contribution in [3.63, 3.8) is 0 Å². The van der Waals surface area contributed by atoms with Crippen molar-refractivity contribution in [1.29, 1.82) is 0 Å². The number of halogens is 1. The lowest BCUT2D eigenvalue weighted by Gasteiger charge is -2.15. The molecule has 1 aromatic carbocycles. The molecule has 0 spiro atoms. The summed E-state index contributed by atoms with van der Waals surface area (Å²) < 4.78 is 29.1. The van der Waals surface area contributed by atoms with Crippen molar-refractivity contribution < 1.29 is 22.7 Å². The van der Waals surface area contributed by atoms with E-state index in [0.717, 1.165) is 4.47 Å². The minimum Gasteiger partial charge on any atom is -0.481 e. The fourth-order valence-electron chi connectivity index (χ4n) is 2.35. The number of amides is 2. The molecule has 0 bridgehead atoms. The van der Waals surface area contributed by atoms with Crippen LogP contribution in [0, 0.1) is 5.92 Å². The first-order chi connectivity index (χ1) is 11.2. The molecule has 2 amide bonds. The first kappa shape index (κ1) is 18.7. The van der Waals surface area contributed by atoms with Crippen molar-refractivity contribution >= 4 is 37.6 Å². The van der Waals surface area contributed by atoms with Crippen molar-refractivity contribution in [3.05, 3.63) is 28.7 Å². The largest absolute Gasteiger partial charge is 0.481 e. The van der Waals surface area contributed by atoms with Crippen molar-refractivity contribution in [2.75, 3.05) is 11.5 Å². The second kappa shape index (κ2) is 7.98. The van der Waals surface area contributed by atoms with Gasteiger partial charge >= 0.3 is 0 Å². The molecule has 1 aliphatic rings. The predicted molar refractivity (Wildman–Crippen MR) is 91.9 cm³/mol. The van der Waals surface area contributed by atoms with Gasteiger partial charge in [-0.15, -0.1) is 0 Å². The Morgan fingerprint density at radius 3 is 2.54 bits per heavy atom. The smallest absolute Gasteiger partial charge is 0.279 e. The van der Waals surface area contributed by atoms with Crippen LogP contribution in [-0.2, 0) is 19.4 Å². The Hall–Kier alpha value is -1.61. The van der Waals surface area contributed by atoms with Crippen molar-refractivity contribution in [3.8, 4) is 5.75 Å². The van der Waals surface area contributed by atoms with Gasteiger partial charge in [0, 0.05) is 10.9 Å². The third kappa shape index (κ3) is 5.79. The number of carbonyl (C=O) groups excluding carboxylic acids is 2.